The Kier molecular flexibility index (Phi) is 9.02. The van der Waals surface area contributed by atoms with Gasteiger partial charge < -0.3 is 4.74 Å². The second-order valence-corrected chi connectivity index (χ2v) is 6.94. The molecule has 0 bridgehead atoms. The first-order valence-electron chi connectivity index (χ1n) is 10.4. The molecule has 0 N–H and O–H groups in total. The predicted octanol–water partition coefficient (Wildman–Crippen LogP) is 5.69. The number of unbranched alkanes of at least 4 members (excludes halogenated alkanes) is 5. The molecule has 0 atom stereocenters. The number of nitrogens with zero attached hydrogens (tertiary/aromatic N) is 3. The summed E-state index contributed by atoms with van der Waals surface area (Å²) in [5, 5.41) is 4.35. The predicted molar refractivity (Wildman–Crippen MR) is 109 cm³/mol. The average Bonchev–Trinajstić information content (AvgIpc) is 3.12. The van der Waals surface area contributed by atoms with Crippen LogP contribution in [0.15, 0.2) is 24.3 Å². The summed E-state index contributed by atoms with van der Waals surface area (Å²) in [5.74, 6) is 0.557. The van der Waals surface area contributed by atoms with Gasteiger partial charge in [-0.05, 0) is 24.8 Å². The van der Waals surface area contributed by atoms with E-state index >= 15 is 0 Å². The highest BCUT2D eigenvalue weighted by Gasteiger charge is 2.18. The van der Waals surface area contributed by atoms with Crippen molar-refractivity contribution < 1.29 is 9.53 Å². The Balaban J connectivity index is 2.14. The van der Waals surface area contributed by atoms with Crippen LogP contribution in [0.5, 0.6) is 6.01 Å². The minimum absolute atomic E-state index is 0.0149. The highest BCUT2D eigenvalue weighted by Crippen LogP contribution is 2.22. The van der Waals surface area contributed by atoms with Gasteiger partial charge in [-0.3, -0.25) is 4.79 Å². The Labute approximate surface area is 163 Å². The van der Waals surface area contributed by atoms with Gasteiger partial charge in [0.05, 0.1) is 6.61 Å². The Morgan fingerprint density at radius 2 is 1.67 bits per heavy atom. The van der Waals surface area contributed by atoms with E-state index in [4.69, 9.17) is 4.74 Å². The average molecular weight is 372 g/mol. The van der Waals surface area contributed by atoms with Crippen LogP contribution in [0.4, 0.5) is 0 Å². The van der Waals surface area contributed by atoms with Crippen molar-refractivity contribution >= 4 is 5.91 Å². The van der Waals surface area contributed by atoms with E-state index in [1.165, 1.54) is 29.5 Å². The first-order chi connectivity index (χ1) is 13.2. The number of benzene rings is 1. The van der Waals surface area contributed by atoms with Gasteiger partial charge in [-0.1, -0.05) is 77.1 Å². The molecule has 0 saturated heterocycles. The van der Waals surface area contributed by atoms with Crippen molar-refractivity contribution in [1.29, 1.82) is 0 Å². The minimum Gasteiger partial charge on any atom is -0.462 e. The van der Waals surface area contributed by atoms with Crippen molar-refractivity contribution in [2.45, 2.75) is 78.6 Å². The summed E-state index contributed by atoms with van der Waals surface area (Å²) in [4.78, 5) is 17.2. The van der Waals surface area contributed by atoms with Crippen molar-refractivity contribution in [2.24, 2.45) is 0 Å². The van der Waals surface area contributed by atoms with Crippen molar-refractivity contribution in [3.63, 3.8) is 0 Å². The van der Waals surface area contributed by atoms with Gasteiger partial charge >= 0.3 is 6.01 Å². The fourth-order valence-electron chi connectivity index (χ4n) is 2.90. The Hall–Kier alpha value is -2.17. The van der Waals surface area contributed by atoms with Crippen LogP contribution < -0.4 is 4.74 Å². The molecule has 1 aromatic carbocycles. The number of aryl methyl sites for hydroxylation is 1. The van der Waals surface area contributed by atoms with E-state index < -0.39 is 0 Å². The van der Waals surface area contributed by atoms with Crippen molar-refractivity contribution in [2.75, 3.05) is 6.61 Å². The molecular formula is C22H33N3O2. The molecule has 2 aromatic rings. The maximum Gasteiger partial charge on any atom is 0.336 e. The first-order valence-corrected chi connectivity index (χ1v) is 10.4. The van der Waals surface area contributed by atoms with Crippen LogP contribution in [-0.4, -0.2) is 27.3 Å². The summed E-state index contributed by atoms with van der Waals surface area (Å²) in [6, 6.07) is 8.44. The number of aromatic nitrogens is 3. The molecular weight excluding hydrogens is 338 g/mol. The first kappa shape index (κ1) is 21.1. The van der Waals surface area contributed by atoms with E-state index in [0.717, 1.165) is 37.7 Å². The number of carbonyl (C=O) groups excluding carboxylic acids is 1. The fraction of sp³-hybridized carbons (Fsp3) is 0.591. The second-order valence-electron chi connectivity index (χ2n) is 6.94. The Morgan fingerprint density at radius 3 is 2.33 bits per heavy atom. The summed E-state index contributed by atoms with van der Waals surface area (Å²) < 4.78 is 7.08. The molecule has 0 saturated carbocycles. The van der Waals surface area contributed by atoms with Gasteiger partial charge in [0.1, 0.15) is 0 Å². The number of hydrogen-bond acceptors (Lipinski definition) is 4. The van der Waals surface area contributed by atoms with Crippen LogP contribution in [0.25, 0.3) is 11.4 Å². The van der Waals surface area contributed by atoms with Gasteiger partial charge in [-0.25, -0.2) is 0 Å². The van der Waals surface area contributed by atoms with E-state index in [9.17, 15) is 4.79 Å². The van der Waals surface area contributed by atoms with Crippen molar-refractivity contribution in [1.82, 2.24) is 14.8 Å². The smallest absolute Gasteiger partial charge is 0.336 e. The number of hydrogen-bond donors (Lipinski definition) is 0. The standard InChI is InChI=1S/C22H33N3O2/c1-4-7-9-10-11-12-20(26)25-21(19-15-13-18(6-3)14-16-19)23-22(24-25)27-17-8-5-2/h13-16H,4-12,17H2,1-3H3. The van der Waals surface area contributed by atoms with Crippen LogP contribution >= 0.6 is 0 Å². The molecule has 27 heavy (non-hydrogen) atoms. The Morgan fingerprint density at radius 1 is 0.963 bits per heavy atom. The van der Waals surface area contributed by atoms with Crippen molar-refractivity contribution in [3.05, 3.63) is 29.8 Å². The minimum atomic E-state index is -0.0149. The lowest BCUT2D eigenvalue weighted by atomic mass is 10.1. The zero-order chi connectivity index (χ0) is 19.5. The van der Waals surface area contributed by atoms with Gasteiger partial charge in [0.15, 0.2) is 5.82 Å². The third-order valence-corrected chi connectivity index (χ3v) is 4.67. The molecule has 0 aliphatic carbocycles. The third kappa shape index (κ3) is 6.49. The molecule has 0 aliphatic rings. The SMILES string of the molecule is CCCCCCCC(=O)n1nc(OCCCC)nc1-c1ccc(CC)cc1. The normalized spacial score (nSPS) is 10.9. The zero-order valence-electron chi connectivity index (χ0n) is 17.0. The van der Waals surface area contributed by atoms with E-state index in [2.05, 4.69) is 43.0 Å². The maximum atomic E-state index is 12.7. The molecule has 0 spiro atoms. The summed E-state index contributed by atoms with van der Waals surface area (Å²) in [6.45, 7) is 6.99. The second kappa shape index (κ2) is 11.5. The summed E-state index contributed by atoms with van der Waals surface area (Å²) in [7, 11) is 0. The maximum absolute atomic E-state index is 12.7. The largest absolute Gasteiger partial charge is 0.462 e. The Bertz CT molecular complexity index is 692. The number of carbonyl (C=O) groups is 1. The van der Waals surface area contributed by atoms with Gasteiger partial charge in [0, 0.05) is 12.0 Å². The molecule has 1 heterocycles. The zero-order valence-corrected chi connectivity index (χ0v) is 17.0. The topological polar surface area (TPSA) is 57.0 Å². The number of rotatable bonds is 12. The summed E-state index contributed by atoms with van der Waals surface area (Å²) in [5.41, 5.74) is 2.15. The lowest BCUT2D eigenvalue weighted by molar-refractivity contribution is 0.0882. The molecule has 0 fully saturated rings. The molecule has 0 radical (unpaired) electrons. The van der Waals surface area contributed by atoms with Crippen LogP contribution in [-0.2, 0) is 6.42 Å². The third-order valence-electron chi connectivity index (χ3n) is 4.67. The van der Waals surface area contributed by atoms with Gasteiger partial charge in [0.2, 0.25) is 5.91 Å². The van der Waals surface area contributed by atoms with Crippen LogP contribution in [0, 0.1) is 0 Å². The van der Waals surface area contributed by atoms with E-state index in [1.54, 1.807) is 0 Å². The molecule has 2 rings (SSSR count). The highest BCUT2D eigenvalue weighted by atomic mass is 16.5. The van der Waals surface area contributed by atoms with Gasteiger partial charge in [0.25, 0.3) is 0 Å². The lowest BCUT2D eigenvalue weighted by Crippen LogP contribution is -2.14. The highest BCUT2D eigenvalue weighted by molar-refractivity contribution is 5.82. The fourth-order valence-corrected chi connectivity index (χ4v) is 2.90. The summed E-state index contributed by atoms with van der Waals surface area (Å²) >= 11 is 0. The monoisotopic (exact) mass is 371 g/mol. The quantitative estimate of drug-likeness (QED) is 0.450. The molecule has 0 amide bonds. The van der Waals surface area contributed by atoms with Crippen molar-refractivity contribution in [3.8, 4) is 17.4 Å². The molecule has 1 aromatic heterocycles. The molecule has 148 valence electrons. The van der Waals surface area contributed by atoms with E-state index in [0.29, 0.717) is 18.9 Å². The molecule has 0 aliphatic heterocycles. The van der Waals surface area contributed by atoms with Crippen LogP contribution in [0.3, 0.4) is 0 Å². The molecule has 5 nitrogen and oxygen atoms in total. The van der Waals surface area contributed by atoms with Crippen LogP contribution in [0.1, 0.15) is 82.5 Å². The number of ether oxygens (including phenoxy) is 1. The lowest BCUT2D eigenvalue weighted by Gasteiger charge is -2.05. The molecule has 0 unspecified atom stereocenters. The molecule has 5 heteroatoms. The van der Waals surface area contributed by atoms with Gasteiger partial charge in [-0.15, -0.1) is 5.10 Å². The van der Waals surface area contributed by atoms with E-state index in [-0.39, 0.29) is 11.9 Å². The summed E-state index contributed by atoms with van der Waals surface area (Å²) in [6.07, 6.45) is 9.03. The van der Waals surface area contributed by atoms with Crippen LogP contribution in [0.2, 0.25) is 0 Å². The van der Waals surface area contributed by atoms with Gasteiger partial charge in [-0.2, -0.15) is 9.67 Å². The van der Waals surface area contributed by atoms with E-state index in [1.807, 2.05) is 12.1 Å².